The molecule has 0 spiro atoms. The van der Waals surface area contributed by atoms with E-state index in [1.165, 1.54) is 44.9 Å². The van der Waals surface area contributed by atoms with Crippen molar-refractivity contribution in [1.82, 2.24) is 0 Å². The van der Waals surface area contributed by atoms with Crippen molar-refractivity contribution >= 4 is 27.9 Å². The van der Waals surface area contributed by atoms with Gasteiger partial charge in [-0.15, -0.1) is 0 Å². The maximum Gasteiger partial charge on any atom is 0.320 e. The molecule has 2 atom stereocenters. The minimum absolute atomic E-state index is 0.210. The number of aliphatic carboxylic acids is 1. The highest BCUT2D eigenvalue weighted by atomic mass is 79.9. The Labute approximate surface area is 175 Å². The Balaban J connectivity index is 3.98. The molecule has 0 N–H and O–H groups in total. The fourth-order valence-corrected chi connectivity index (χ4v) is 3.61. The van der Waals surface area contributed by atoms with Gasteiger partial charge in [0.1, 0.15) is 10.9 Å². The molecule has 5 heteroatoms. The number of hydrogen-bond donors (Lipinski definition) is 0. The normalized spacial score (nSPS) is 13.3. The molecule has 0 rings (SSSR count). The summed E-state index contributed by atoms with van der Waals surface area (Å²) in [6.45, 7) is 4.37. The van der Waals surface area contributed by atoms with Gasteiger partial charge in [-0.3, -0.25) is 4.79 Å². The molecule has 4 nitrogen and oxygen atoms in total. The first kappa shape index (κ1) is 26.4. The summed E-state index contributed by atoms with van der Waals surface area (Å²) in [4.78, 5) is 22.8. The Morgan fingerprint density at radius 1 is 0.778 bits per heavy atom. The number of alkyl halides is 1. The van der Waals surface area contributed by atoms with Gasteiger partial charge in [0.15, 0.2) is 0 Å². The third-order valence-corrected chi connectivity index (χ3v) is 5.71. The van der Waals surface area contributed by atoms with Crippen LogP contribution >= 0.6 is 15.9 Å². The van der Waals surface area contributed by atoms with Crippen LogP contribution in [0.15, 0.2) is 0 Å². The highest BCUT2D eigenvalue weighted by Gasteiger charge is 2.21. The zero-order chi connectivity index (χ0) is 20.3. The predicted molar refractivity (Wildman–Crippen MR) is 113 cm³/mol. The lowest BCUT2D eigenvalue weighted by Crippen LogP contribution is -2.32. The molecular formula is C22H40BrO4-. The summed E-state index contributed by atoms with van der Waals surface area (Å²) in [5, 5.41) is 11.0. The summed E-state index contributed by atoms with van der Waals surface area (Å²) in [5.41, 5.74) is 0. The molecule has 0 saturated carbocycles. The first-order chi connectivity index (χ1) is 13.0. The first-order valence-corrected chi connectivity index (χ1v) is 12.0. The lowest BCUT2D eigenvalue weighted by atomic mass is 10.0. The maximum atomic E-state index is 12.2. The number of carbonyl (C=O) groups is 2. The van der Waals surface area contributed by atoms with Crippen LogP contribution in [0.25, 0.3) is 0 Å². The molecule has 0 aromatic heterocycles. The number of hydrogen-bond acceptors (Lipinski definition) is 4. The zero-order valence-corrected chi connectivity index (χ0v) is 19.1. The summed E-state index contributed by atoms with van der Waals surface area (Å²) < 4.78 is 5.45. The van der Waals surface area contributed by atoms with Crippen LogP contribution in [-0.2, 0) is 14.3 Å². The van der Waals surface area contributed by atoms with Gasteiger partial charge in [-0.05, 0) is 19.3 Å². The number of halogens is 1. The van der Waals surface area contributed by atoms with E-state index in [2.05, 4.69) is 29.8 Å². The minimum atomic E-state index is -1.15. The summed E-state index contributed by atoms with van der Waals surface area (Å²) in [6, 6.07) is 0. The van der Waals surface area contributed by atoms with Crippen molar-refractivity contribution in [3.05, 3.63) is 0 Å². The van der Waals surface area contributed by atoms with Crippen molar-refractivity contribution in [2.45, 2.75) is 128 Å². The molecule has 0 aromatic rings. The Morgan fingerprint density at radius 2 is 1.22 bits per heavy atom. The number of unbranched alkanes of at least 4 members (excludes halogenated alkanes) is 11. The summed E-state index contributed by atoms with van der Waals surface area (Å²) in [7, 11) is 0. The van der Waals surface area contributed by atoms with Gasteiger partial charge in [0.25, 0.3) is 0 Å². The highest BCUT2D eigenvalue weighted by Crippen LogP contribution is 2.18. The standard InChI is InChI=1S/C22H41BrO4/c1-3-5-7-9-10-11-12-13-14-16-19(18-21(24)25)27-22(26)20(23)17-15-8-6-4-2/h19-20H,3-18H2,1-2H3,(H,24,25)/p-1/t19-,20?/m1/s1. The second-order valence-electron chi connectivity index (χ2n) is 7.57. The summed E-state index contributed by atoms with van der Waals surface area (Å²) >= 11 is 3.38. The molecule has 0 aliphatic heterocycles. The third kappa shape index (κ3) is 17.3. The number of rotatable bonds is 19. The Bertz CT molecular complexity index is 373. The maximum absolute atomic E-state index is 12.2. The van der Waals surface area contributed by atoms with E-state index in [4.69, 9.17) is 4.74 Å². The van der Waals surface area contributed by atoms with Gasteiger partial charge in [-0.25, -0.2) is 0 Å². The van der Waals surface area contributed by atoms with Crippen molar-refractivity contribution in [2.75, 3.05) is 0 Å². The second-order valence-corrected chi connectivity index (χ2v) is 8.67. The van der Waals surface area contributed by atoms with Gasteiger partial charge in [0.05, 0.1) is 0 Å². The fraction of sp³-hybridized carbons (Fsp3) is 0.909. The van der Waals surface area contributed by atoms with Crippen molar-refractivity contribution in [1.29, 1.82) is 0 Å². The minimum Gasteiger partial charge on any atom is -0.550 e. The van der Waals surface area contributed by atoms with Crippen LogP contribution in [0.2, 0.25) is 0 Å². The average molecular weight is 448 g/mol. The molecule has 0 aromatic carbocycles. The second kappa shape index (κ2) is 18.8. The van der Waals surface area contributed by atoms with E-state index in [1.807, 2.05) is 0 Å². The number of esters is 1. The van der Waals surface area contributed by atoms with Gasteiger partial charge in [-0.1, -0.05) is 107 Å². The Hall–Kier alpha value is -0.580. The van der Waals surface area contributed by atoms with E-state index in [0.717, 1.165) is 44.9 Å². The molecule has 0 heterocycles. The zero-order valence-electron chi connectivity index (χ0n) is 17.5. The van der Waals surface area contributed by atoms with Gasteiger partial charge in [0, 0.05) is 12.4 Å². The van der Waals surface area contributed by atoms with E-state index in [9.17, 15) is 14.7 Å². The molecule has 160 valence electrons. The molecule has 0 fully saturated rings. The van der Waals surface area contributed by atoms with Crippen LogP contribution in [0.5, 0.6) is 0 Å². The van der Waals surface area contributed by atoms with Gasteiger partial charge in [0.2, 0.25) is 0 Å². The molecule has 0 bridgehead atoms. The number of carboxylic acids is 1. The lowest BCUT2D eigenvalue weighted by Gasteiger charge is -2.20. The van der Waals surface area contributed by atoms with Crippen molar-refractivity contribution in [3.8, 4) is 0 Å². The largest absolute Gasteiger partial charge is 0.550 e. The van der Waals surface area contributed by atoms with E-state index < -0.39 is 12.1 Å². The molecule has 0 amide bonds. The van der Waals surface area contributed by atoms with E-state index in [1.54, 1.807) is 0 Å². The molecule has 0 aliphatic carbocycles. The number of carboxylic acid groups (broad SMARTS) is 1. The first-order valence-electron chi connectivity index (χ1n) is 11.1. The van der Waals surface area contributed by atoms with Gasteiger partial charge >= 0.3 is 5.97 Å². The lowest BCUT2D eigenvalue weighted by molar-refractivity contribution is -0.307. The van der Waals surface area contributed by atoms with Gasteiger partial charge < -0.3 is 14.6 Å². The molecule has 27 heavy (non-hydrogen) atoms. The van der Waals surface area contributed by atoms with Gasteiger partial charge in [-0.2, -0.15) is 0 Å². The quantitative estimate of drug-likeness (QED) is 0.145. The summed E-state index contributed by atoms with van der Waals surface area (Å²) in [6.07, 6.45) is 15.8. The van der Waals surface area contributed by atoms with Crippen LogP contribution < -0.4 is 5.11 Å². The van der Waals surface area contributed by atoms with Crippen LogP contribution in [0.1, 0.15) is 117 Å². The Kier molecular flexibility index (Phi) is 18.4. The number of carbonyl (C=O) groups excluding carboxylic acids is 2. The van der Waals surface area contributed by atoms with Crippen molar-refractivity contribution in [2.24, 2.45) is 0 Å². The van der Waals surface area contributed by atoms with E-state index in [-0.39, 0.29) is 17.2 Å². The Morgan fingerprint density at radius 3 is 1.74 bits per heavy atom. The van der Waals surface area contributed by atoms with Crippen LogP contribution in [-0.4, -0.2) is 22.9 Å². The number of ether oxygens (including phenoxy) is 1. The molecule has 0 aliphatic rings. The smallest absolute Gasteiger partial charge is 0.320 e. The van der Waals surface area contributed by atoms with Crippen LogP contribution in [0.4, 0.5) is 0 Å². The molecule has 1 unspecified atom stereocenters. The van der Waals surface area contributed by atoms with E-state index >= 15 is 0 Å². The topological polar surface area (TPSA) is 66.4 Å². The monoisotopic (exact) mass is 447 g/mol. The van der Waals surface area contributed by atoms with E-state index in [0.29, 0.717) is 6.42 Å². The van der Waals surface area contributed by atoms with Crippen molar-refractivity contribution < 1.29 is 19.4 Å². The predicted octanol–water partition coefficient (Wildman–Crippen LogP) is 5.69. The molecule has 0 saturated heterocycles. The van der Waals surface area contributed by atoms with Crippen LogP contribution in [0, 0.1) is 0 Å². The molecular weight excluding hydrogens is 408 g/mol. The fourth-order valence-electron chi connectivity index (χ4n) is 3.18. The van der Waals surface area contributed by atoms with Crippen LogP contribution in [0.3, 0.4) is 0 Å². The molecule has 0 radical (unpaired) electrons. The van der Waals surface area contributed by atoms with Crippen molar-refractivity contribution in [3.63, 3.8) is 0 Å². The SMILES string of the molecule is CCCCCCCCCCC[C@H](CC(=O)[O-])OC(=O)C(Br)CCCCCC. The third-order valence-electron chi connectivity index (χ3n) is 4.87. The highest BCUT2D eigenvalue weighted by molar-refractivity contribution is 9.10. The summed E-state index contributed by atoms with van der Waals surface area (Å²) in [5.74, 6) is -1.49. The average Bonchev–Trinajstić information content (AvgIpc) is 2.63.